The number of piperidine rings is 1. The summed E-state index contributed by atoms with van der Waals surface area (Å²) in [5.41, 5.74) is 4.80. The smallest absolute Gasteiger partial charge is 0.415 e. The van der Waals surface area contributed by atoms with Crippen LogP contribution in [-0.2, 0) is 32.4 Å². The highest BCUT2D eigenvalue weighted by Gasteiger charge is 2.52. The molecule has 262 valence electrons. The summed E-state index contributed by atoms with van der Waals surface area (Å²) in [5, 5.41) is -5.40. The van der Waals surface area contributed by atoms with Gasteiger partial charge >= 0.3 is 17.5 Å². The summed E-state index contributed by atoms with van der Waals surface area (Å²) in [6.45, 7) is 4.69. The zero-order chi connectivity index (χ0) is 35.9. The van der Waals surface area contributed by atoms with Crippen molar-refractivity contribution < 1.29 is 44.7 Å². The zero-order valence-corrected chi connectivity index (χ0v) is 28.3. The maximum Gasteiger partial charge on any atom is 0.416 e. The molecule has 1 fully saturated rings. The van der Waals surface area contributed by atoms with Crippen LogP contribution in [0.3, 0.4) is 0 Å². The van der Waals surface area contributed by atoms with Gasteiger partial charge in [0.15, 0.2) is 0 Å². The summed E-state index contributed by atoms with van der Waals surface area (Å²) in [6, 6.07) is 9.92. The SMILES string of the molecule is C/C=C(\C)OC(=O)N1CCC(S(=O)(=O)C(F)(F)c2ccc3ncn(-c4cc(C[C@H](C)c5ccccc5C(F)(F)F)c(C(N)=O)s4)c3c2)CC1. The number of nitrogens with two attached hydrogens (primary N) is 1. The number of primary amides is 1. The van der Waals surface area contributed by atoms with E-state index in [2.05, 4.69) is 4.98 Å². The number of alkyl halides is 5. The molecular weight excluding hydrogens is 692 g/mol. The van der Waals surface area contributed by atoms with Gasteiger partial charge in [0.1, 0.15) is 17.1 Å². The van der Waals surface area contributed by atoms with Gasteiger partial charge in [-0.25, -0.2) is 18.2 Å². The fourth-order valence-electron chi connectivity index (χ4n) is 5.87. The van der Waals surface area contributed by atoms with E-state index in [0.717, 1.165) is 29.5 Å². The molecular formula is C33H33F5N4O5S2. The standard InChI is InChI=1S/C33H33F5N4O5S2/c1-4-20(3)47-31(44)41-13-11-23(12-14-41)49(45,46)33(37,38)22-9-10-26-27(17-22)42(18-40-26)28-16-21(29(48-28)30(39)43)15-19(2)24-7-5-6-8-25(24)32(34,35)36/h4-10,16-19,23H,11-15H2,1-3H3,(H2,39,43)/b20-4+/t19-/m0/s1. The summed E-state index contributed by atoms with van der Waals surface area (Å²) in [5.74, 6) is -1.14. The molecule has 49 heavy (non-hydrogen) atoms. The molecule has 0 radical (unpaired) electrons. The number of benzene rings is 2. The topological polar surface area (TPSA) is 125 Å². The molecule has 2 N–H and O–H groups in total. The Morgan fingerprint density at radius 1 is 1.10 bits per heavy atom. The van der Waals surface area contributed by atoms with Gasteiger partial charge in [0.25, 0.3) is 5.91 Å². The van der Waals surface area contributed by atoms with E-state index in [4.69, 9.17) is 10.5 Å². The average molecular weight is 725 g/mol. The third-order valence-corrected chi connectivity index (χ3v) is 12.1. The fourth-order valence-corrected chi connectivity index (χ4v) is 8.60. The van der Waals surface area contributed by atoms with E-state index in [1.165, 1.54) is 46.1 Å². The number of rotatable bonds is 9. The Bertz CT molecular complexity index is 2030. The van der Waals surface area contributed by atoms with E-state index in [-0.39, 0.29) is 53.8 Å². The van der Waals surface area contributed by atoms with Crippen LogP contribution in [-0.4, -0.2) is 53.2 Å². The van der Waals surface area contributed by atoms with Crippen LogP contribution in [0.5, 0.6) is 0 Å². The van der Waals surface area contributed by atoms with E-state index in [1.807, 2.05) is 0 Å². The molecule has 1 atom stereocenters. The van der Waals surface area contributed by atoms with Crippen LogP contribution < -0.4 is 5.73 Å². The summed E-state index contributed by atoms with van der Waals surface area (Å²) in [4.78, 5) is 30.3. The summed E-state index contributed by atoms with van der Waals surface area (Å²) in [7, 11) is -5.08. The number of nitrogens with zero attached hydrogens (tertiary/aromatic N) is 3. The second-order valence-electron chi connectivity index (χ2n) is 11.8. The molecule has 9 nitrogen and oxygen atoms in total. The van der Waals surface area contributed by atoms with Gasteiger partial charge in [-0.1, -0.05) is 25.1 Å². The number of hydrogen-bond acceptors (Lipinski definition) is 7. The highest BCUT2D eigenvalue weighted by atomic mass is 32.2. The zero-order valence-electron chi connectivity index (χ0n) is 26.6. The molecule has 0 bridgehead atoms. The van der Waals surface area contributed by atoms with Crippen LogP contribution in [0.2, 0.25) is 0 Å². The van der Waals surface area contributed by atoms with Crippen LogP contribution in [0.15, 0.2) is 66.7 Å². The highest BCUT2D eigenvalue weighted by Crippen LogP contribution is 2.42. The molecule has 1 saturated heterocycles. The fraction of sp³-hybridized carbons (Fsp3) is 0.364. The lowest BCUT2D eigenvalue weighted by Gasteiger charge is -2.32. The number of imidazole rings is 1. The van der Waals surface area contributed by atoms with Crippen molar-refractivity contribution in [3.05, 3.63) is 93.8 Å². The Balaban J connectivity index is 1.42. The van der Waals surface area contributed by atoms with Gasteiger partial charge in [-0.05, 0) is 86.6 Å². The van der Waals surface area contributed by atoms with Crippen molar-refractivity contribution in [2.75, 3.05) is 13.1 Å². The van der Waals surface area contributed by atoms with Gasteiger partial charge in [-0.3, -0.25) is 9.36 Å². The molecule has 4 aromatic rings. The average Bonchev–Trinajstić information content (AvgIpc) is 3.68. The lowest BCUT2D eigenvalue weighted by Crippen LogP contribution is -2.45. The molecule has 0 spiro atoms. The lowest BCUT2D eigenvalue weighted by molar-refractivity contribution is -0.138. The molecule has 0 aliphatic carbocycles. The van der Waals surface area contributed by atoms with Gasteiger partial charge < -0.3 is 15.4 Å². The maximum atomic E-state index is 15.9. The second-order valence-corrected chi connectivity index (χ2v) is 15.1. The van der Waals surface area contributed by atoms with Gasteiger partial charge in [-0.15, -0.1) is 11.3 Å². The number of halogens is 5. The Morgan fingerprint density at radius 3 is 2.41 bits per heavy atom. The third-order valence-electron chi connectivity index (χ3n) is 8.61. The first-order chi connectivity index (χ1) is 22.9. The number of likely N-dealkylation sites (tertiary alicyclic amines) is 1. The number of amides is 2. The lowest BCUT2D eigenvalue weighted by atomic mass is 9.90. The van der Waals surface area contributed by atoms with E-state index < -0.39 is 55.6 Å². The molecule has 2 aromatic carbocycles. The minimum atomic E-state index is -5.08. The van der Waals surface area contributed by atoms with Crippen molar-refractivity contribution in [1.29, 1.82) is 0 Å². The molecule has 0 unspecified atom stereocenters. The monoisotopic (exact) mass is 724 g/mol. The van der Waals surface area contributed by atoms with Crippen molar-refractivity contribution >= 4 is 44.2 Å². The Morgan fingerprint density at radius 2 is 1.78 bits per heavy atom. The third kappa shape index (κ3) is 7.06. The highest BCUT2D eigenvalue weighted by molar-refractivity contribution is 7.92. The number of allylic oxidation sites excluding steroid dienone is 2. The van der Waals surface area contributed by atoms with Crippen LogP contribution in [0.1, 0.15) is 71.5 Å². The Hall–Kier alpha value is -4.31. The largest absolute Gasteiger partial charge is 0.416 e. The van der Waals surface area contributed by atoms with Gasteiger partial charge in [0.2, 0.25) is 9.84 Å². The molecule has 3 heterocycles. The van der Waals surface area contributed by atoms with Crippen molar-refractivity contribution in [3.63, 3.8) is 0 Å². The van der Waals surface area contributed by atoms with Crippen molar-refractivity contribution in [3.8, 4) is 5.00 Å². The first-order valence-corrected chi connectivity index (χ1v) is 17.6. The Kier molecular flexibility index (Phi) is 9.94. The number of carbonyl (C=O) groups excluding carboxylic acids is 2. The molecule has 1 aliphatic heterocycles. The second kappa shape index (κ2) is 13.5. The predicted molar refractivity (Wildman–Crippen MR) is 174 cm³/mol. The number of thiophene rings is 1. The van der Waals surface area contributed by atoms with Crippen molar-refractivity contribution in [1.82, 2.24) is 14.5 Å². The van der Waals surface area contributed by atoms with Crippen LogP contribution >= 0.6 is 11.3 Å². The van der Waals surface area contributed by atoms with Gasteiger partial charge in [0, 0.05) is 18.7 Å². The quantitative estimate of drug-likeness (QED) is 0.141. The number of fused-ring (bicyclic) bond motifs is 1. The molecule has 5 rings (SSSR count). The maximum absolute atomic E-state index is 15.9. The summed E-state index contributed by atoms with van der Waals surface area (Å²) < 4.78 is 106. The van der Waals surface area contributed by atoms with Crippen molar-refractivity contribution in [2.24, 2.45) is 5.73 Å². The van der Waals surface area contributed by atoms with E-state index in [1.54, 1.807) is 26.8 Å². The number of hydrogen-bond donors (Lipinski definition) is 1. The van der Waals surface area contributed by atoms with Gasteiger partial charge in [-0.2, -0.15) is 22.0 Å². The number of carbonyl (C=O) groups is 2. The molecule has 2 aromatic heterocycles. The van der Waals surface area contributed by atoms with E-state index in [9.17, 15) is 31.2 Å². The number of ether oxygens (including phenoxy) is 1. The number of aromatic nitrogens is 2. The van der Waals surface area contributed by atoms with E-state index >= 15 is 8.78 Å². The van der Waals surface area contributed by atoms with Crippen LogP contribution in [0.4, 0.5) is 26.7 Å². The van der Waals surface area contributed by atoms with Crippen LogP contribution in [0, 0.1) is 0 Å². The predicted octanol–water partition coefficient (Wildman–Crippen LogP) is 7.54. The molecule has 16 heteroatoms. The Labute approximate surface area is 283 Å². The van der Waals surface area contributed by atoms with Gasteiger partial charge in [0.05, 0.1) is 26.7 Å². The summed E-state index contributed by atoms with van der Waals surface area (Å²) >= 11 is 0.911. The molecule has 2 amide bonds. The first-order valence-electron chi connectivity index (χ1n) is 15.2. The summed E-state index contributed by atoms with van der Waals surface area (Å²) in [6.07, 6.45) is -2.78. The normalized spacial score (nSPS) is 15.8. The minimum Gasteiger partial charge on any atom is -0.415 e. The number of sulfone groups is 1. The van der Waals surface area contributed by atoms with Crippen LogP contribution in [0.25, 0.3) is 16.0 Å². The molecule has 1 aliphatic rings. The minimum absolute atomic E-state index is 0.0154. The first kappa shape index (κ1) is 36.0. The van der Waals surface area contributed by atoms with Crippen molar-refractivity contribution in [2.45, 2.75) is 62.6 Å². The van der Waals surface area contributed by atoms with E-state index in [0.29, 0.717) is 16.3 Å². The molecule has 0 saturated carbocycles.